The molecule has 55 heteroatoms. The number of nitrogens with zero attached hydrogens (tertiary/aromatic N) is 10. The van der Waals surface area contributed by atoms with E-state index in [1.54, 1.807) is 108 Å². The summed E-state index contributed by atoms with van der Waals surface area (Å²) in [7, 11) is 3.67. The van der Waals surface area contributed by atoms with E-state index in [9.17, 15) is 79.2 Å². The van der Waals surface area contributed by atoms with Crippen molar-refractivity contribution in [2.24, 2.45) is 0 Å². The second-order valence-corrected chi connectivity index (χ2v) is 35.9. The molecule has 8 rings (SSSR count). The van der Waals surface area contributed by atoms with Crippen LogP contribution in [0.3, 0.4) is 0 Å². The standard InChI is InChI=1S/2C36H54N10O9S.2C9H18O6S.Au/c2*1-46(24-26-23-41-33-31(42-26)32(37)44-36(38)45-33)27-7-5-25(6-8-27)34(49)43-28(35(50)51)9-10-29(47)39-12-3-14-52-17-19-55-20-18-53-15-4-13-40-30(48)11-16-54-21-22-56-2;2*1-16-3-2-14-9-8(13)7(12)6(11)5(4-10)15-9;/h2*5-8,23,28H,3-4,9-22,24H2,1-2H3,(H,39,47)(H,40,48)(H,43,49)(H,50,51)(H4,37,38,41,44,45);2*5-13H,2-4H2,1H3;/t;;2*5?,6-,7-,8?,9-;/m..00./s1. The molecular formula is C90H144AuN20O30S4. The van der Waals surface area contributed by atoms with Gasteiger partial charge in [-0.1, -0.05) is 0 Å². The topological polar surface area (TPSA) is 735 Å². The van der Waals surface area contributed by atoms with Crippen LogP contribution in [0.2, 0.25) is 0 Å². The number of aliphatic hydroxyl groups excluding tert-OH is 8. The fourth-order valence-corrected chi connectivity index (χ4v) is 13.9. The van der Waals surface area contributed by atoms with Crippen molar-refractivity contribution in [3.63, 3.8) is 0 Å². The van der Waals surface area contributed by atoms with Crippen molar-refractivity contribution in [1.29, 1.82) is 0 Å². The zero-order valence-electron chi connectivity index (χ0n) is 82.3. The van der Waals surface area contributed by atoms with Crippen molar-refractivity contribution < 1.29 is 169 Å². The summed E-state index contributed by atoms with van der Waals surface area (Å²) in [6.45, 7) is 9.75. The molecule has 6 amide bonds. The van der Waals surface area contributed by atoms with Gasteiger partial charge in [-0.25, -0.2) is 29.5 Å². The van der Waals surface area contributed by atoms with Crippen molar-refractivity contribution in [1.82, 2.24) is 71.8 Å². The summed E-state index contributed by atoms with van der Waals surface area (Å²) >= 11 is 6.56. The number of nitrogens with one attached hydrogen (secondary N) is 6. The monoisotopic (exact) mass is 2310 g/mol. The van der Waals surface area contributed by atoms with E-state index in [1.807, 2.05) is 48.9 Å². The van der Waals surface area contributed by atoms with Crippen molar-refractivity contribution in [2.45, 2.75) is 151 Å². The van der Waals surface area contributed by atoms with E-state index in [0.29, 0.717) is 230 Å². The second-order valence-electron chi connectivity index (χ2n) is 31.9. The quantitative estimate of drug-likeness (QED) is 0.0150. The summed E-state index contributed by atoms with van der Waals surface area (Å²) in [5.41, 5.74) is 27.6. The third-order valence-corrected chi connectivity index (χ3v) is 23.1. The number of amides is 6. The van der Waals surface area contributed by atoms with Gasteiger partial charge < -0.3 is 173 Å². The fraction of sp³-hybridized carbons (Fsp3) is 0.644. The molecule has 2 aliphatic rings. The maximum atomic E-state index is 12.9. The summed E-state index contributed by atoms with van der Waals surface area (Å²) in [5.74, 6) is -0.760. The molecule has 0 bridgehead atoms. The first-order valence-corrected chi connectivity index (χ1v) is 52.2. The van der Waals surface area contributed by atoms with Crippen LogP contribution in [0.25, 0.3) is 22.3 Å². The van der Waals surface area contributed by atoms with Gasteiger partial charge in [0.15, 0.2) is 46.5 Å². The number of nitrogen functional groups attached to an aromatic ring is 4. The van der Waals surface area contributed by atoms with Gasteiger partial charge in [-0.05, 0) is 112 Å². The summed E-state index contributed by atoms with van der Waals surface area (Å²) in [6, 6.07) is 10.7. The molecule has 6 aromatic rings. The molecular weight excluding hydrogens is 2170 g/mol. The minimum absolute atomic E-state index is 0. The molecule has 6 unspecified atom stereocenters. The number of carboxylic acid groups (broad SMARTS) is 2. The number of hydrogen-bond acceptors (Lipinski definition) is 46. The van der Waals surface area contributed by atoms with Crippen molar-refractivity contribution in [3.8, 4) is 0 Å². The molecule has 2 aromatic carbocycles. The zero-order valence-corrected chi connectivity index (χ0v) is 87.8. The summed E-state index contributed by atoms with van der Waals surface area (Å²) in [5, 5.41) is 110. The van der Waals surface area contributed by atoms with E-state index >= 15 is 0 Å². The molecule has 0 spiro atoms. The number of ether oxygens (including phenoxy) is 12. The molecule has 819 valence electrons. The minimum atomic E-state index is -1.37. The molecule has 6 heterocycles. The molecule has 2 aliphatic heterocycles. The fourth-order valence-electron chi connectivity index (χ4n) is 12.8. The number of rotatable bonds is 68. The van der Waals surface area contributed by atoms with Gasteiger partial charge in [0.2, 0.25) is 35.5 Å². The van der Waals surface area contributed by atoms with Crippen LogP contribution in [0.4, 0.5) is 34.9 Å². The molecule has 50 nitrogen and oxygen atoms in total. The van der Waals surface area contributed by atoms with Gasteiger partial charge in [-0.3, -0.25) is 28.8 Å². The third kappa shape index (κ3) is 51.8. The Morgan fingerprint density at radius 2 is 0.690 bits per heavy atom. The number of aromatic nitrogens is 8. The number of carboxylic acids is 2. The smallest absolute Gasteiger partial charge is 0.326 e. The minimum Gasteiger partial charge on any atom is -0.480 e. The Bertz CT molecular complexity index is 4400. The largest absolute Gasteiger partial charge is 0.480 e. The second kappa shape index (κ2) is 75.8. The van der Waals surface area contributed by atoms with Crippen LogP contribution in [0, 0.1) is 0 Å². The maximum absolute atomic E-state index is 12.9. The van der Waals surface area contributed by atoms with E-state index in [-0.39, 0.29) is 106 Å². The molecule has 145 heavy (non-hydrogen) atoms. The van der Waals surface area contributed by atoms with Crippen LogP contribution < -0.4 is 64.6 Å². The predicted molar refractivity (Wildman–Crippen MR) is 541 cm³/mol. The molecule has 2 saturated heterocycles. The van der Waals surface area contributed by atoms with Crippen molar-refractivity contribution >= 4 is 152 Å². The molecule has 0 saturated carbocycles. The van der Waals surface area contributed by atoms with E-state index in [1.165, 1.54) is 0 Å². The van der Waals surface area contributed by atoms with Crippen LogP contribution in [0.1, 0.15) is 96.3 Å². The number of aliphatic carboxylic acids is 2. The number of nitrogens with two attached hydrogens (primary N) is 4. The number of aliphatic hydroxyl groups is 8. The van der Waals surface area contributed by atoms with E-state index in [2.05, 4.69) is 71.8 Å². The number of benzene rings is 2. The Hall–Kier alpha value is -8.82. The van der Waals surface area contributed by atoms with Crippen LogP contribution in [0.15, 0.2) is 60.9 Å². The average Bonchev–Trinajstić information content (AvgIpc) is 0.826. The van der Waals surface area contributed by atoms with Gasteiger partial charge >= 0.3 is 11.9 Å². The molecule has 24 N–H and O–H groups in total. The number of hydrogen-bond donors (Lipinski definition) is 20. The van der Waals surface area contributed by atoms with Crippen LogP contribution >= 0.6 is 47.0 Å². The van der Waals surface area contributed by atoms with Gasteiger partial charge in [0.25, 0.3) is 11.8 Å². The first-order valence-electron chi connectivity index (χ1n) is 46.6. The molecule has 0 aliphatic carbocycles. The molecule has 12 atom stereocenters. The van der Waals surface area contributed by atoms with Crippen molar-refractivity contribution in [3.05, 3.63) is 83.4 Å². The number of fused-ring (bicyclic) bond motifs is 2. The van der Waals surface area contributed by atoms with Gasteiger partial charge in [-0.2, -0.15) is 67.0 Å². The SMILES string of the molecule is CSCCOCCC(=O)NCCCOCCOCCOCCCNC(=O)CCC(NC(=O)c1ccc(N(C)Cc2cnc3nc(N)nc(N)c3n2)cc1)C(=O)O.CSCCOCCC(=O)NCCCOCCOCCOCCCNC(=O)CCC(NC(=O)c1ccc(N(C)Cc2cnc3nc(N)nc(N)c3n2)cc1)C(=O)O.CSCCO[C@H]1OC(CO)[C@H](O)[C@H](O)C1O.CSCCO[C@H]1OC(CO)[C@H](O)[C@H](O)C1O.[Au]. The van der Waals surface area contributed by atoms with E-state index in [4.69, 9.17) is 90.0 Å². The maximum Gasteiger partial charge on any atom is 0.326 e. The van der Waals surface area contributed by atoms with Gasteiger partial charge in [0, 0.05) is 160 Å². The Morgan fingerprint density at radius 1 is 0.393 bits per heavy atom. The van der Waals surface area contributed by atoms with Gasteiger partial charge in [0.05, 0.1) is 143 Å². The first-order chi connectivity index (χ1) is 69.4. The number of anilines is 6. The molecule has 4 aromatic heterocycles. The summed E-state index contributed by atoms with van der Waals surface area (Å²) in [4.78, 5) is 135. The number of carbonyl (C=O) groups excluding carboxylic acids is 6. The summed E-state index contributed by atoms with van der Waals surface area (Å²) in [6.07, 6.45) is 2.07. The van der Waals surface area contributed by atoms with Crippen LogP contribution in [0.5, 0.6) is 0 Å². The number of thioether (sulfide) groups is 4. The Morgan fingerprint density at radius 3 is 0.993 bits per heavy atom. The summed E-state index contributed by atoms with van der Waals surface area (Å²) < 4.78 is 64.4. The van der Waals surface area contributed by atoms with E-state index < -0.39 is 110 Å². The Labute approximate surface area is 874 Å². The van der Waals surface area contributed by atoms with Crippen molar-refractivity contribution in [2.75, 3.05) is 253 Å². The average molecular weight is 2310 g/mol. The van der Waals surface area contributed by atoms with Gasteiger partial charge in [0.1, 0.15) is 60.9 Å². The Kier molecular flexibility index (Phi) is 67.2. The molecule has 2 fully saturated rings. The van der Waals surface area contributed by atoms with E-state index in [0.717, 1.165) is 34.4 Å². The Balaban J connectivity index is 0.000000459. The number of carbonyl (C=O) groups is 8. The van der Waals surface area contributed by atoms with Crippen LogP contribution in [-0.4, -0.2) is 432 Å². The predicted octanol–water partition coefficient (Wildman–Crippen LogP) is -1.64. The van der Waals surface area contributed by atoms with Gasteiger partial charge in [-0.15, -0.1) is 0 Å². The van der Waals surface area contributed by atoms with Crippen LogP contribution in [-0.2, 0) is 121 Å². The normalized spacial score (nSPS) is 17.8. The third-order valence-electron chi connectivity index (χ3n) is 20.8. The first kappa shape index (κ1) is 128. The molecule has 1 radical (unpaired) electrons. The zero-order chi connectivity index (χ0) is 105.